The minimum absolute atomic E-state index is 0.0234. The molecule has 0 unspecified atom stereocenters. The van der Waals surface area contributed by atoms with E-state index in [9.17, 15) is 9.18 Å². The predicted molar refractivity (Wildman–Crippen MR) is 79.4 cm³/mol. The molecule has 3 rings (SSSR count). The molecule has 0 saturated heterocycles. The molecule has 2 aromatic rings. The second kappa shape index (κ2) is 6.27. The number of carbonyl (C=O) groups excluding carboxylic acids is 1. The first-order chi connectivity index (χ1) is 10.6. The number of hydrogen-bond donors (Lipinski definition) is 1. The zero-order valence-electron chi connectivity index (χ0n) is 12.4. The van der Waals surface area contributed by atoms with Gasteiger partial charge in [-0.3, -0.25) is 9.69 Å². The van der Waals surface area contributed by atoms with Gasteiger partial charge in [-0.2, -0.15) is 0 Å². The first-order valence-electron chi connectivity index (χ1n) is 7.29. The van der Waals surface area contributed by atoms with Crippen LogP contribution >= 0.6 is 0 Å². The Hall–Kier alpha value is -2.21. The number of aromatic nitrogens is 1. The topological polar surface area (TPSA) is 58.4 Å². The van der Waals surface area contributed by atoms with Crippen molar-refractivity contribution >= 4 is 5.91 Å². The molecule has 1 aromatic carbocycles. The van der Waals surface area contributed by atoms with Gasteiger partial charge < -0.3 is 9.73 Å². The Morgan fingerprint density at radius 3 is 2.82 bits per heavy atom. The van der Waals surface area contributed by atoms with Gasteiger partial charge in [-0.05, 0) is 44.2 Å². The van der Waals surface area contributed by atoms with Crippen LogP contribution in [0.15, 0.2) is 34.9 Å². The fourth-order valence-corrected chi connectivity index (χ4v) is 2.16. The first kappa shape index (κ1) is 14.7. The smallest absolute Gasteiger partial charge is 0.234 e. The molecule has 6 heteroatoms. The second-order valence-corrected chi connectivity index (χ2v) is 5.64. The van der Waals surface area contributed by atoms with Crippen LogP contribution in [0, 0.1) is 5.82 Å². The maximum absolute atomic E-state index is 12.9. The van der Waals surface area contributed by atoms with Gasteiger partial charge in [0, 0.05) is 11.6 Å². The summed E-state index contributed by atoms with van der Waals surface area (Å²) < 4.78 is 18.6. The summed E-state index contributed by atoms with van der Waals surface area (Å²) in [5, 5.41) is 2.94. The van der Waals surface area contributed by atoms with Gasteiger partial charge in [0.1, 0.15) is 5.82 Å². The third-order valence-corrected chi connectivity index (χ3v) is 3.44. The summed E-state index contributed by atoms with van der Waals surface area (Å²) >= 11 is 0. The van der Waals surface area contributed by atoms with Crippen molar-refractivity contribution in [2.45, 2.75) is 25.4 Å². The highest BCUT2D eigenvalue weighted by molar-refractivity contribution is 5.78. The summed E-state index contributed by atoms with van der Waals surface area (Å²) in [6, 6.07) is 6.42. The lowest BCUT2D eigenvalue weighted by Gasteiger charge is -2.13. The van der Waals surface area contributed by atoms with E-state index >= 15 is 0 Å². The molecule has 5 nitrogen and oxygen atoms in total. The molecule has 1 aliphatic rings. The highest BCUT2D eigenvalue weighted by atomic mass is 19.1. The lowest BCUT2D eigenvalue weighted by atomic mass is 10.2. The number of likely N-dealkylation sites (N-methyl/N-ethyl adjacent to an activating group) is 1. The molecule has 0 spiro atoms. The Kier molecular flexibility index (Phi) is 4.20. The van der Waals surface area contributed by atoms with Crippen LogP contribution < -0.4 is 5.32 Å². The van der Waals surface area contributed by atoms with Gasteiger partial charge in [0.2, 0.25) is 11.8 Å². The van der Waals surface area contributed by atoms with Crippen LogP contribution in [0.1, 0.15) is 18.7 Å². The van der Waals surface area contributed by atoms with Gasteiger partial charge in [0.25, 0.3) is 0 Å². The van der Waals surface area contributed by atoms with Gasteiger partial charge in [0.15, 0.2) is 5.76 Å². The Balaban J connectivity index is 1.56. The molecule has 0 aliphatic heterocycles. The van der Waals surface area contributed by atoms with Crippen LogP contribution in [0.2, 0.25) is 0 Å². The van der Waals surface area contributed by atoms with Gasteiger partial charge in [-0.1, -0.05) is 0 Å². The Labute approximate surface area is 128 Å². The number of hydrogen-bond acceptors (Lipinski definition) is 4. The fourth-order valence-electron chi connectivity index (χ4n) is 2.16. The van der Waals surface area contributed by atoms with E-state index < -0.39 is 0 Å². The number of benzene rings is 1. The number of oxazole rings is 1. The van der Waals surface area contributed by atoms with Crippen molar-refractivity contribution in [1.29, 1.82) is 0 Å². The maximum Gasteiger partial charge on any atom is 0.234 e. The van der Waals surface area contributed by atoms with Crippen molar-refractivity contribution in [3.8, 4) is 11.3 Å². The number of halogens is 1. The molecule has 116 valence electrons. The minimum atomic E-state index is -0.287. The average Bonchev–Trinajstić information content (AvgIpc) is 3.16. The zero-order valence-corrected chi connectivity index (χ0v) is 12.4. The van der Waals surface area contributed by atoms with Crippen LogP contribution in [-0.2, 0) is 11.3 Å². The second-order valence-electron chi connectivity index (χ2n) is 5.64. The monoisotopic (exact) mass is 303 g/mol. The number of rotatable bonds is 6. The normalized spacial score (nSPS) is 14.3. The van der Waals surface area contributed by atoms with Crippen LogP contribution in [-0.4, -0.2) is 35.4 Å². The van der Waals surface area contributed by atoms with E-state index in [4.69, 9.17) is 4.42 Å². The number of carbonyl (C=O) groups is 1. The number of nitrogens with one attached hydrogen (secondary N) is 1. The SMILES string of the molecule is CN(CC(=O)NC1CC1)Cc1ncc(-c2ccc(F)cc2)o1. The molecule has 1 N–H and O–H groups in total. The molecule has 0 bridgehead atoms. The molecular weight excluding hydrogens is 285 g/mol. The Bertz CT molecular complexity index is 650. The van der Waals surface area contributed by atoms with E-state index in [1.54, 1.807) is 18.3 Å². The first-order valence-corrected chi connectivity index (χ1v) is 7.29. The standard InChI is InChI=1S/C16H18FN3O2/c1-20(9-15(21)19-13-6-7-13)10-16-18-8-14(22-16)11-2-4-12(17)5-3-11/h2-5,8,13H,6-7,9-10H2,1H3,(H,19,21). The van der Waals surface area contributed by atoms with E-state index in [0.717, 1.165) is 18.4 Å². The van der Waals surface area contributed by atoms with E-state index in [2.05, 4.69) is 10.3 Å². The molecule has 1 aromatic heterocycles. The molecular formula is C16H18FN3O2. The molecule has 0 radical (unpaired) electrons. The lowest BCUT2D eigenvalue weighted by Crippen LogP contribution is -2.35. The van der Waals surface area contributed by atoms with Crippen LogP contribution in [0.4, 0.5) is 4.39 Å². The van der Waals surface area contributed by atoms with Gasteiger partial charge >= 0.3 is 0 Å². The molecule has 1 fully saturated rings. The van der Waals surface area contributed by atoms with Crippen LogP contribution in [0.25, 0.3) is 11.3 Å². The third-order valence-electron chi connectivity index (χ3n) is 3.44. The van der Waals surface area contributed by atoms with Gasteiger partial charge in [0.05, 0.1) is 19.3 Å². The summed E-state index contributed by atoms with van der Waals surface area (Å²) in [5.74, 6) is 0.854. The van der Waals surface area contributed by atoms with Crippen molar-refractivity contribution in [3.05, 3.63) is 42.2 Å². The maximum atomic E-state index is 12.9. The quantitative estimate of drug-likeness (QED) is 0.889. The van der Waals surface area contributed by atoms with Crippen molar-refractivity contribution in [2.75, 3.05) is 13.6 Å². The zero-order chi connectivity index (χ0) is 15.5. The fraction of sp³-hybridized carbons (Fsp3) is 0.375. The van der Waals surface area contributed by atoms with Crippen molar-refractivity contribution < 1.29 is 13.6 Å². The summed E-state index contributed by atoms with van der Waals surface area (Å²) in [4.78, 5) is 17.8. The van der Waals surface area contributed by atoms with Crippen molar-refractivity contribution in [1.82, 2.24) is 15.2 Å². The minimum Gasteiger partial charge on any atom is -0.439 e. The summed E-state index contributed by atoms with van der Waals surface area (Å²) in [5.41, 5.74) is 0.772. The highest BCUT2D eigenvalue weighted by Crippen LogP contribution is 2.21. The van der Waals surface area contributed by atoms with Crippen molar-refractivity contribution in [3.63, 3.8) is 0 Å². The summed E-state index contributed by atoms with van der Waals surface area (Å²) in [7, 11) is 1.84. The predicted octanol–water partition coefficient (Wildman–Crippen LogP) is 2.19. The molecule has 1 amide bonds. The highest BCUT2D eigenvalue weighted by Gasteiger charge is 2.23. The summed E-state index contributed by atoms with van der Waals surface area (Å²) in [6.07, 6.45) is 3.77. The van der Waals surface area contributed by atoms with E-state index in [-0.39, 0.29) is 11.7 Å². The van der Waals surface area contributed by atoms with Crippen molar-refractivity contribution in [2.24, 2.45) is 0 Å². The van der Waals surface area contributed by atoms with Gasteiger partial charge in [-0.15, -0.1) is 0 Å². The van der Waals surface area contributed by atoms with E-state index in [0.29, 0.717) is 30.8 Å². The largest absolute Gasteiger partial charge is 0.439 e. The van der Waals surface area contributed by atoms with Gasteiger partial charge in [-0.25, -0.2) is 9.37 Å². The molecule has 22 heavy (non-hydrogen) atoms. The van der Waals surface area contributed by atoms with E-state index in [1.807, 2.05) is 11.9 Å². The molecule has 1 saturated carbocycles. The Morgan fingerprint density at radius 2 is 2.14 bits per heavy atom. The number of amides is 1. The molecule has 1 heterocycles. The molecule has 0 atom stereocenters. The molecule has 1 aliphatic carbocycles. The third kappa shape index (κ3) is 3.92. The number of nitrogens with zero attached hydrogens (tertiary/aromatic N) is 2. The lowest BCUT2D eigenvalue weighted by molar-refractivity contribution is -0.122. The van der Waals surface area contributed by atoms with Crippen LogP contribution in [0.3, 0.4) is 0 Å². The summed E-state index contributed by atoms with van der Waals surface area (Å²) in [6.45, 7) is 0.754. The van der Waals surface area contributed by atoms with E-state index in [1.165, 1.54) is 12.1 Å². The average molecular weight is 303 g/mol. The van der Waals surface area contributed by atoms with Crippen LogP contribution in [0.5, 0.6) is 0 Å². The Morgan fingerprint density at radius 1 is 1.41 bits per heavy atom.